The van der Waals surface area contributed by atoms with Gasteiger partial charge in [-0.25, -0.2) is 0 Å². The molecule has 0 amide bonds. The summed E-state index contributed by atoms with van der Waals surface area (Å²) in [6.07, 6.45) is 3.61. The van der Waals surface area contributed by atoms with Gasteiger partial charge in [0.2, 0.25) is 0 Å². The van der Waals surface area contributed by atoms with Gasteiger partial charge >= 0.3 is 0 Å². The third-order valence-electron chi connectivity index (χ3n) is 3.76. The van der Waals surface area contributed by atoms with E-state index >= 15 is 0 Å². The molecule has 100 valence electrons. The van der Waals surface area contributed by atoms with Crippen LogP contribution in [0.4, 0.5) is 0 Å². The largest absolute Gasteiger partial charge is 0.373 e. The second kappa shape index (κ2) is 6.35. The number of nitrogens with one attached hydrogen (secondary N) is 1. The average molecular weight is 247 g/mol. The van der Waals surface area contributed by atoms with Crippen molar-refractivity contribution in [3.05, 3.63) is 35.4 Å². The fraction of sp³-hybridized carbons (Fsp3) is 0.625. The van der Waals surface area contributed by atoms with Crippen molar-refractivity contribution < 1.29 is 4.74 Å². The van der Waals surface area contributed by atoms with Gasteiger partial charge in [0.15, 0.2) is 0 Å². The van der Waals surface area contributed by atoms with Crippen LogP contribution < -0.4 is 5.32 Å². The molecule has 2 heteroatoms. The van der Waals surface area contributed by atoms with Crippen molar-refractivity contribution in [2.24, 2.45) is 5.92 Å². The van der Waals surface area contributed by atoms with Gasteiger partial charge in [0.25, 0.3) is 0 Å². The Labute approximate surface area is 111 Å². The molecule has 0 fully saturated rings. The second-order valence-corrected chi connectivity index (χ2v) is 5.66. The van der Waals surface area contributed by atoms with Crippen LogP contribution in [0.15, 0.2) is 24.3 Å². The maximum absolute atomic E-state index is 5.98. The molecule has 0 spiro atoms. The molecule has 2 nitrogen and oxygen atoms in total. The van der Waals surface area contributed by atoms with E-state index < -0.39 is 0 Å². The smallest absolute Gasteiger partial charge is 0.0842 e. The summed E-state index contributed by atoms with van der Waals surface area (Å²) in [7, 11) is 2.06. The molecule has 0 saturated heterocycles. The number of benzene rings is 1. The molecule has 0 bridgehead atoms. The topological polar surface area (TPSA) is 21.3 Å². The SMILES string of the molecule is CNC(CC(C)C)CC1OCCc2ccccc21. The van der Waals surface area contributed by atoms with E-state index in [4.69, 9.17) is 4.74 Å². The van der Waals surface area contributed by atoms with Crippen molar-refractivity contribution in [3.8, 4) is 0 Å². The minimum absolute atomic E-state index is 0.270. The maximum atomic E-state index is 5.98. The van der Waals surface area contributed by atoms with Crippen molar-refractivity contribution in [2.45, 2.75) is 45.3 Å². The van der Waals surface area contributed by atoms with Gasteiger partial charge in [0, 0.05) is 6.04 Å². The fourth-order valence-corrected chi connectivity index (χ4v) is 2.83. The standard InChI is InChI=1S/C16H25NO/c1-12(2)10-14(17-3)11-16-15-7-5-4-6-13(15)8-9-18-16/h4-7,12,14,16-17H,8-11H2,1-3H3. The van der Waals surface area contributed by atoms with Crippen LogP contribution in [-0.4, -0.2) is 19.7 Å². The molecular formula is C16H25NO. The quantitative estimate of drug-likeness (QED) is 0.862. The maximum Gasteiger partial charge on any atom is 0.0842 e. The zero-order valence-corrected chi connectivity index (χ0v) is 11.8. The van der Waals surface area contributed by atoms with Crippen molar-refractivity contribution in [1.29, 1.82) is 0 Å². The highest BCUT2D eigenvalue weighted by atomic mass is 16.5. The van der Waals surface area contributed by atoms with Crippen LogP contribution in [0.25, 0.3) is 0 Å². The molecule has 1 aromatic carbocycles. The second-order valence-electron chi connectivity index (χ2n) is 5.66. The summed E-state index contributed by atoms with van der Waals surface area (Å²) in [6, 6.07) is 9.26. The summed E-state index contributed by atoms with van der Waals surface area (Å²) in [5.41, 5.74) is 2.86. The first kappa shape index (κ1) is 13.6. The molecule has 2 unspecified atom stereocenters. The first-order valence-electron chi connectivity index (χ1n) is 7.07. The normalized spacial score (nSPS) is 20.8. The minimum Gasteiger partial charge on any atom is -0.373 e. The van der Waals surface area contributed by atoms with E-state index in [1.165, 1.54) is 17.5 Å². The lowest BCUT2D eigenvalue weighted by molar-refractivity contribution is 0.0285. The average Bonchev–Trinajstić information content (AvgIpc) is 2.38. The highest BCUT2D eigenvalue weighted by Gasteiger charge is 2.23. The van der Waals surface area contributed by atoms with Crippen molar-refractivity contribution in [3.63, 3.8) is 0 Å². The molecule has 2 atom stereocenters. The summed E-state index contributed by atoms with van der Waals surface area (Å²) in [5.74, 6) is 0.723. The van der Waals surface area contributed by atoms with E-state index in [0.717, 1.165) is 25.4 Å². The lowest BCUT2D eigenvalue weighted by Gasteiger charge is -2.29. The monoisotopic (exact) mass is 247 g/mol. The van der Waals surface area contributed by atoms with E-state index in [1.807, 2.05) is 0 Å². The molecule has 1 heterocycles. The molecule has 0 radical (unpaired) electrons. The van der Waals surface area contributed by atoms with E-state index in [1.54, 1.807) is 0 Å². The molecule has 1 aliphatic rings. The number of hydrogen-bond acceptors (Lipinski definition) is 2. The third-order valence-corrected chi connectivity index (χ3v) is 3.76. The van der Waals surface area contributed by atoms with Crippen molar-refractivity contribution in [1.82, 2.24) is 5.32 Å². The molecule has 0 aliphatic carbocycles. The van der Waals surface area contributed by atoms with Crippen LogP contribution >= 0.6 is 0 Å². The number of fused-ring (bicyclic) bond motifs is 1. The van der Waals surface area contributed by atoms with Crippen LogP contribution in [0.5, 0.6) is 0 Å². The number of ether oxygens (including phenoxy) is 1. The lowest BCUT2D eigenvalue weighted by Crippen LogP contribution is -2.31. The van der Waals surface area contributed by atoms with Crippen LogP contribution in [0.3, 0.4) is 0 Å². The zero-order valence-electron chi connectivity index (χ0n) is 11.8. The van der Waals surface area contributed by atoms with Gasteiger partial charge in [-0.2, -0.15) is 0 Å². The van der Waals surface area contributed by atoms with Crippen LogP contribution in [0.2, 0.25) is 0 Å². The van der Waals surface area contributed by atoms with Gasteiger partial charge in [-0.3, -0.25) is 0 Å². The summed E-state index contributed by atoms with van der Waals surface area (Å²) in [5, 5.41) is 3.43. The number of hydrogen-bond donors (Lipinski definition) is 1. The Morgan fingerprint density at radius 3 is 2.83 bits per heavy atom. The van der Waals surface area contributed by atoms with Crippen molar-refractivity contribution in [2.75, 3.05) is 13.7 Å². The van der Waals surface area contributed by atoms with E-state index in [9.17, 15) is 0 Å². The third kappa shape index (κ3) is 3.33. The molecule has 1 aromatic rings. The van der Waals surface area contributed by atoms with Gasteiger partial charge in [0.1, 0.15) is 0 Å². The lowest BCUT2D eigenvalue weighted by atomic mass is 9.91. The molecule has 0 aromatic heterocycles. The Morgan fingerprint density at radius 1 is 1.33 bits per heavy atom. The molecule has 2 rings (SSSR count). The summed E-state index contributed by atoms with van der Waals surface area (Å²) in [4.78, 5) is 0. The Bertz CT molecular complexity index is 375. The Balaban J connectivity index is 2.06. The Morgan fingerprint density at radius 2 is 2.11 bits per heavy atom. The predicted molar refractivity (Wildman–Crippen MR) is 75.8 cm³/mol. The van der Waals surface area contributed by atoms with E-state index in [-0.39, 0.29) is 6.10 Å². The summed E-state index contributed by atoms with van der Waals surface area (Å²) >= 11 is 0. The molecule has 18 heavy (non-hydrogen) atoms. The first-order valence-corrected chi connectivity index (χ1v) is 7.07. The van der Waals surface area contributed by atoms with Crippen LogP contribution in [0.1, 0.15) is 43.9 Å². The van der Waals surface area contributed by atoms with Gasteiger partial charge in [-0.05, 0) is 43.4 Å². The summed E-state index contributed by atoms with van der Waals surface area (Å²) in [6.45, 7) is 5.42. The Hall–Kier alpha value is -0.860. The molecule has 0 saturated carbocycles. The van der Waals surface area contributed by atoms with Crippen molar-refractivity contribution >= 4 is 0 Å². The van der Waals surface area contributed by atoms with Gasteiger partial charge in [-0.1, -0.05) is 38.1 Å². The Kier molecular flexibility index (Phi) is 4.79. The highest BCUT2D eigenvalue weighted by molar-refractivity contribution is 5.31. The van der Waals surface area contributed by atoms with Gasteiger partial charge < -0.3 is 10.1 Å². The minimum atomic E-state index is 0.270. The highest BCUT2D eigenvalue weighted by Crippen LogP contribution is 2.31. The molecule has 1 aliphatic heterocycles. The predicted octanol–water partition coefficient (Wildman–Crippen LogP) is 3.32. The fourth-order valence-electron chi connectivity index (χ4n) is 2.83. The van der Waals surface area contributed by atoms with E-state index in [0.29, 0.717) is 6.04 Å². The van der Waals surface area contributed by atoms with Crippen LogP contribution in [-0.2, 0) is 11.2 Å². The number of rotatable bonds is 5. The zero-order chi connectivity index (χ0) is 13.0. The first-order chi connectivity index (χ1) is 8.70. The van der Waals surface area contributed by atoms with E-state index in [2.05, 4.69) is 50.5 Å². The van der Waals surface area contributed by atoms with Gasteiger partial charge in [0.05, 0.1) is 12.7 Å². The van der Waals surface area contributed by atoms with Crippen LogP contribution in [0, 0.1) is 5.92 Å². The molecule has 1 N–H and O–H groups in total. The van der Waals surface area contributed by atoms with Gasteiger partial charge in [-0.15, -0.1) is 0 Å². The summed E-state index contributed by atoms with van der Waals surface area (Å²) < 4.78 is 5.98. The molecular weight excluding hydrogens is 222 g/mol.